The summed E-state index contributed by atoms with van der Waals surface area (Å²) in [5.41, 5.74) is 2.69. The molecule has 0 aliphatic heterocycles. The van der Waals surface area contributed by atoms with E-state index in [1.54, 1.807) is 6.08 Å². The molecule has 2 heteroatoms. The van der Waals surface area contributed by atoms with Crippen molar-refractivity contribution in [1.82, 2.24) is 0 Å². The molecule has 1 rings (SSSR count). The molecule has 0 saturated carbocycles. The average Bonchev–Trinajstić information content (AvgIpc) is 2.73. The van der Waals surface area contributed by atoms with Gasteiger partial charge in [0, 0.05) is 26.5 Å². The molecule has 0 N–H and O–H groups in total. The molecule has 0 aromatic rings. The molecule has 2 radical (unpaired) electrons. The second-order valence-electron chi connectivity index (χ2n) is 5.10. The van der Waals surface area contributed by atoms with E-state index in [2.05, 4.69) is 48.1 Å². The van der Waals surface area contributed by atoms with Crippen molar-refractivity contribution in [2.75, 3.05) is 0 Å². The molecule has 0 spiro atoms. The molecule has 0 atom stereocenters. The zero-order chi connectivity index (χ0) is 14.6. The molecular weight excluding hydrogens is 427 g/mol. The normalized spacial score (nSPS) is 11.9. The number of hydrogen-bond donors (Lipinski definition) is 0. The number of hydrogen-bond acceptors (Lipinski definition) is 0. The number of rotatable bonds is 3. The van der Waals surface area contributed by atoms with Crippen molar-refractivity contribution in [2.24, 2.45) is 0 Å². The Balaban J connectivity index is -0.000000237. The first-order valence-electron chi connectivity index (χ1n) is 6.89. The van der Waals surface area contributed by atoms with Gasteiger partial charge in [-0.1, -0.05) is 79.8 Å². The first kappa shape index (κ1) is 24.3. The Morgan fingerprint density at radius 3 is 1.11 bits per heavy atom. The Bertz CT molecular complexity index is 211. The zero-order valence-electron chi connectivity index (χ0n) is 13.7. The summed E-state index contributed by atoms with van der Waals surface area (Å²) in [4.78, 5) is 0. The second kappa shape index (κ2) is 16.4. The molecule has 0 nitrogen and oxygen atoms in total. The van der Waals surface area contributed by atoms with Crippen LogP contribution in [0.1, 0.15) is 48.5 Å². The van der Waals surface area contributed by atoms with Crippen molar-refractivity contribution in [3.8, 4) is 0 Å². The molecule has 114 valence electrons. The predicted octanol–water partition coefficient (Wildman–Crippen LogP) is 6.20. The van der Waals surface area contributed by atoms with Crippen LogP contribution < -0.4 is 0 Å². The maximum atomic E-state index is 3.36. The fourth-order valence-corrected chi connectivity index (χ4v) is 5.69. The van der Waals surface area contributed by atoms with Crippen LogP contribution in [0.2, 0.25) is 0 Å². The third kappa shape index (κ3) is 16.2. The molecule has 0 bridgehead atoms. The van der Waals surface area contributed by atoms with Crippen LogP contribution in [-0.4, -0.2) is 17.0 Å². The van der Waals surface area contributed by atoms with Gasteiger partial charge < -0.3 is 0 Å². The van der Waals surface area contributed by atoms with E-state index in [4.69, 9.17) is 0 Å². The van der Waals surface area contributed by atoms with Gasteiger partial charge in [-0.25, -0.2) is 0 Å². The predicted molar refractivity (Wildman–Crippen MR) is 90.8 cm³/mol. The van der Waals surface area contributed by atoms with E-state index in [0.717, 1.165) is 17.0 Å². The van der Waals surface area contributed by atoms with Crippen molar-refractivity contribution < 1.29 is 20.1 Å². The van der Waals surface area contributed by atoms with E-state index < -0.39 is 0 Å². The van der Waals surface area contributed by atoms with Crippen molar-refractivity contribution >= 4 is 7.92 Å². The Kier molecular flexibility index (Phi) is 20.9. The molecule has 1 aliphatic rings. The monoisotopic (exact) mass is 460 g/mol. The van der Waals surface area contributed by atoms with Gasteiger partial charge in [-0.15, -0.1) is 6.58 Å². The third-order valence-electron chi connectivity index (χ3n) is 2.34. The summed E-state index contributed by atoms with van der Waals surface area (Å²) in [5, 5.41) is 0. The fraction of sp³-hybridized carbons (Fsp3) is 0.588. The van der Waals surface area contributed by atoms with Crippen LogP contribution in [0.5, 0.6) is 0 Å². The van der Waals surface area contributed by atoms with Gasteiger partial charge in [-0.3, -0.25) is 0 Å². The van der Waals surface area contributed by atoms with E-state index in [1.165, 1.54) is 0 Å². The summed E-state index contributed by atoms with van der Waals surface area (Å²) in [6.45, 7) is 19.4. The summed E-state index contributed by atoms with van der Waals surface area (Å²) in [6, 6.07) is 0. The van der Waals surface area contributed by atoms with Crippen LogP contribution in [0.4, 0.5) is 0 Å². The Hall–Kier alpha value is 0.299. The van der Waals surface area contributed by atoms with Crippen molar-refractivity contribution in [2.45, 2.75) is 65.4 Å². The minimum absolute atomic E-state index is 0. The molecule has 0 aromatic carbocycles. The third-order valence-corrected chi connectivity index (χ3v) is 5.92. The van der Waals surface area contributed by atoms with E-state index >= 15 is 0 Å². The molecule has 19 heavy (non-hydrogen) atoms. The smallest absolute Gasteiger partial charge is 0.00506 e. The maximum absolute atomic E-state index is 3.36. The van der Waals surface area contributed by atoms with Gasteiger partial charge in [-0.2, -0.15) is 0 Å². The zero-order valence-corrected chi connectivity index (χ0v) is 17.0. The Labute approximate surface area is 136 Å². The standard InChI is InChI=1S/C9H21P.C5H5.C3H6.Ir/c1-7(2)10(8(3)4)9(5)6;1-2-4-5-3-1;1-3-2;/h7-9H,1-6H3;1-5H;3H,1H2,2H3;. The van der Waals surface area contributed by atoms with Crippen LogP contribution >= 0.6 is 7.92 Å². The van der Waals surface area contributed by atoms with Gasteiger partial charge in [-0.05, 0) is 23.9 Å². The second-order valence-corrected chi connectivity index (χ2v) is 9.09. The Morgan fingerprint density at radius 1 is 0.789 bits per heavy atom. The first-order valence-corrected chi connectivity index (χ1v) is 8.44. The Morgan fingerprint density at radius 2 is 1.05 bits per heavy atom. The van der Waals surface area contributed by atoms with Gasteiger partial charge in [0.25, 0.3) is 0 Å². The van der Waals surface area contributed by atoms with Crippen LogP contribution in [0.3, 0.4) is 0 Å². The summed E-state index contributed by atoms with van der Waals surface area (Å²) in [5.74, 6) is 0. The van der Waals surface area contributed by atoms with Gasteiger partial charge in [0.2, 0.25) is 0 Å². The molecule has 0 fully saturated rings. The molecule has 0 amide bonds. The minimum atomic E-state index is 0. The van der Waals surface area contributed by atoms with Crippen LogP contribution in [0.25, 0.3) is 0 Å². The molecule has 1 aliphatic carbocycles. The summed E-state index contributed by atoms with van der Waals surface area (Å²) < 4.78 is 0. The van der Waals surface area contributed by atoms with Gasteiger partial charge in [0.05, 0.1) is 0 Å². The topological polar surface area (TPSA) is 0 Å². The summed E-state index contributed by atoms with van der Waals surface area (Å²) >= 11 is 0. The van der Waals surface area contributed by atoms with E-state index in [-0.39, 0.29) is 28.0 Å². The average molecular weight is 460 g/mol. The molecule has 0 heterocycles. The van der Waals surface area contributed by atoms with Gasteiger partial charge >= 0.3 is 0 Å². The fourth-order valence-electron chi connectivity index (χ4n) is 2.11. The van der Waals surface area contributed by atoms with Crippen LogP contribution in [0.15, 0.2) is 37.0 Å². The van der Waals surface area contributed by atoms with E-state index in [0.29, 0.717) is 0 Å². The van der Waals surface area contributed by atoms with Gasteiger partial charge in [0.15, 0.2) is 0 Å². The summed E-state index contributed by atoms with van der Waals surface area (Å²) in [6.07, 6.45) is 11.8. The van der Waals surface area contributed by atoms with Crippen molar-refractivity contribution in [1.29, 1.82) is 0 Å². The SMILES string of the molecule is C=CC.CC(C)P(C(C)C)C(C)C.[CH]1C=CC=C1.[Ir]. The first-order chi connectivity index (χ1) is 8.38. The minimum Gasteiger partial charge on any atom is -0.103 e. The molecule has 0 unspecified atom stereocenters. The van der Waals surface area contributed by atoms with Crippen LogP contribution in [-0.2, 0) is 20.1 Å². The maximum Gasteiger partial charge on any atom is 0.00506 e. The largest absolute Gasteiger partial charge is 0.103 e. The number of allylic oxidation sites excluding steroid dienone is 5. The van der Waals surface area contributed by atoms with E-state index in [1.807, 2.05) is 37.6 Å². The van der Waals surface area contributed by atoms with E-state index in [9.17, 15) is 0 Å². The van der Waals surface area contributed by atoms with Crippen LogP contribution in [0, 0.1) is 6.42 Å². The molecule has 0 aromatic heterocycles. The van der Waals surface area contributed by atoms with Crippen molar-refractivity contribution in [3.63, 3.8) is 0 Å². The molecule has 0 saturated heterocycles. The molecular formula is C17H32IrP. The van der Waals surface area contributed by atoms with Gasteiger partial charge in [0.1, 0.15) is 0 Å². The van der Waals surface area contributed by atoms with Crippen molar-refractivity contribution in [3.05, 3.63) is 43.4 Å². The summed E-state index contributed by atoms with van der Waals surface area (Å²) in [7, 11) is 0.262. The quantitative estimate of drug-likeness (QED) is 0.348.